The quantitative estimate of drug-likeness (QED) is 0.452. The number of thiocarbonyl (C=S) groups is 1. The molecule has 0 unspecified atom stereocenters. The topological polar surface area (TPSA) is 45.6 Å². The van der Waals surface area contributed by atoms with Gasteiger partial charge < -0.3 is 10.1 Å². The van der Waals surface area contributed by atoms with Gasteiger partial charge in [0.15, 0.2) is 10.9 Å². The van der Waals surface area contributed by atoms with E-state index in [1.54, 1.807) is 18.3 Å². The maximum Gasteiger partial charge on any atom is 0.187 e. The summed E-state index contributed by atoms with van der Waals surface area (Å²) in [5.74, 6) is 0.496. The van der Waals surface area contributed by atoms with Crippen LogP contribution in [-0.4, -0.2) is 24.0 Å². The van der Waals surface area contributed by atoms with Crippen LogP contribution in [0.3, 0.4) is 0 Å². The van der Waals surface area contributed by atoms with Gasteiger partial charge in [-0.3, -0.25) is 5.43 Å². The number of hydrogen-bond acceptors (Lipinski definition) is 3. The third kappa shape index (κ3) is 5.83. The molecule has 0 bridgehead atoms. The van der Waals surface area contributed by atoms with Gasteiger partial charge >= 0.3 is 0 Å². The summed E-state index contributed by atoms with van der Waals surface area (Å²) in [6.07, 6.45) is 7.78. The molecular formula is C16H21Cl2N3OS. The van der Waals surface area contributed by atoms with Crippen molar-refractivity contribution in [3.8, 4) is 5.75 Å². The number of benzene rings is 1. The monoisotopic (exact) mass is 373 g/mol. The van der Waals surface area contributed by atoms with Crippen molar-refractivity contribution in [3.05, 3.63) is 27.7 Å². The highest BCUT2D eigenvalue weighted by molar-refractivity contribution is 7.80. The molecule has 1 aromatic carbocycles. The Morgan fingerprint density at radius 1 is 1.30 bits per heavy atom. The van der Waals surface area contributed by atoms with E-state index in [4.69, 9.17) is 40.2 Å². The molecule has 126 valence electrons. The molecule has 2 N–H and O–H groups in total. The third-order valence-electron chi connectivity index (χ3n) is 3.63. The molecule has 0 heterocycles. The molecule has 2 rings (SSSR count). The predicted octanol–water partition coefficient (Wildman–Crippen LogP) is 4.52. The lowest BCUT2D eigenvalue weighted by atomic mass is 9.96. The van der Waals surface area contributed by atoms with Crippen molar-refractivity contribution in [2.75, 3.05) is 6.61 Å². The first kappa shape index (κ1) is 18.3. The lowest BCUT2D eigenvalue weighted by Crippen LogP contribution is -2.40. The van der Waals surface area contributed by atoms with Crippen molar-refractivity contribution in [2.45, 2.75) is 45.1 Å². The average Bonchev–Trinajstić information content (AvgIpc) is 2.52. The molecule has 0 amide bonds. The van der Waals surface area contributed by atoms with Crippen LogP contribution in [0.5, 0.6) is 5.75 Å². The Hall–Kier alpha value is -1.04. The van der Waals surface area contributed by atoms with E-state index in [0.29, 0.717) is 33.6 Å². The fourth-order valence-electron chi connectivity index (χ4n) is 2.57. The fourth-order valence-corrected chi connectivity index (χ4v) is 3.40. The number of nitrogens with zero attached hydrogens (tertiary/aromatic N) is 1. The largest absolute Gasteiger partial charge is 0.491 e. The maximum absolute atomic E-state index is 6.15. The summed E-state index contributed by atoms with van der Waals surface area (Å²) >= 11 is 17.6. The van der Waals surface area contributed by atoms with Gasteiger partial charge in [-0.25, -0.2) is 0 Å². The molecule has 1 saturated carbocycles. The number of hydrazone groups is 1. The van der Waals surface area contributed by atoms with E-state index < -0.39 is 0 Å². The molecule has 0 atom stereocenters. The molecule has 7 heteroatoms. The Balaban J connectivity index is 1.88. The summed E-state index contributed by atoms with van der Waals surface area (Å²) in [4.78, 5) is 0. The summed E-state index contributed by atoms with van der Waals surface area (Å²) in [6.45, 7) is 2.39. The molecule has 1 aromatic rings. The van der Waals surface area contributed by atoms with E-state index in [-0.39, 0.29) is 0 Å². The van der Waals surface area contributed by atoms with E-state index in [2.05, 4.69) is 15.8 Å². The molecular weight excluding hydrogens is 353 g/mol. The van der Waals surface area contributed by atoms with Gasteiger partial charge in [0.1, 0.15) is 0 Å². The summed E-state index contributed by atoms with van der Waals surface area (Å²) in [7, 11) is 0. The highest BCUT2D eigenvalue weighted by Gasteiger charge is 2.13. The number of hydrogen-bond donors (Lipinski definition) is 2. The molecule has 1 aliphatic carbocycles. The Bertz CT molecular complexity index is 551. The van der Waals surface area contributed by atoms with Crippen molar-refractivity contribution in [1.82, 2.24) is 10.7 Å². The first-order valence-corrected chi connectivity index (χ1v) is 8.98. The van der Waals surface area contributed by atoms with Crippen LogP contribution in [0.25, 0.3) is 0 Å². The molecule has 0 spiro atoms. The summed E-state index contributed by atoms with van der Waals surface area (Å²) in [5.41, 5.74) is 3.60. The van der Waals surface area contributed by atoms with Crippen molar-refractivity contribution >= 4 is 46.7 Å². The van der Waals surface area contributed by atoms with Gasteiger partial charge in [0.25, 0.3) is 0 Å². The van der Waals surface area contributed by atoms with Crippen LogP contribution < -0.4 is 15.5 Å². The van der Waals surface area contributed by atoms with Gasteiger partial charge in [-0.2, -0.15) is 5.10 Å². The number of halogens is 2. The van der Waals surface area contributed by atoms with Gasteiger partial charge in [0, 0.05) is 6.04 Å². The minimum absolute atomic E-state index is 0.452. The van der Waals surface area contributed by atoms with E-state index in [1.165, 1.54) is 19.3 Å². The lowest BCUT2D eigenvalue weighted by molar-refractivity contribution is 0.340. The second-order valence-corrected chi connectivity index (χ2v) is 6.65. The normalized spacial score (nSPS) is 15.6. The fraction of sp³-hybridized carbons (Fsp3) is 0.500. The van der Waals surface area contributed by atoms with E-state index in [1.807, 2.05) is 6.92 Å². The van der Waals surface area contributed by atoms with Crippen molar-refractivity contribution < 1.29 is 4.74 Å². The maximum atomic E-state index is 6.15. The summed E-state index contributed by atoms with van der Waals surface area (Å²) in [5, 5.41) is 8.88. The van der Waals surface area contributed by atoms with Crippen LogP contribution in [0, 0.1) is 0 Å². The van der Waals surface area contributed by atoms with Gasteiger partial charge in [-0.15, -0.1) is 0 Å². The zero-order valence-electron chi connectivity index (χ0n) is 13.1. The highest BCUT2D eigenvalue weighted by Crippen LogP contribution is 2.33. The Morgan fingerprint density at radius 3 is 2.57 bits per heavy atom. The SMILES string of the molecule is CCOc1c(Cl)cc(/C=N\NC(=S)NC2CCCCC2)cc1Cl. The zero-order valence-corrected chi connectivity index (χ0v) is 15.4. The Kier molecular flexibility index (Phi) is 7.40. The average molecular weight is 374 g/mol. The first-order valence-electron chi connectivity index (χ1n) is 7.81. The number of ether oxygens (including phenoxy) is 1. The van der Waals surface area contributed by atoms with Crippen LogP contribution in [0.2, 0.25) is 10.0 Å². The van der Waals surface area contributed by atoms with Crippen LogP contribution in [-0.2, 0) is 0 Å². The minimum atomic E-state index is 0.452. The van der Waals surface area contributed by atoms with Crippen molar-refractivity contribution in [3.63, 3.8) is 0 Å². The Labute approximate surface area is 152 Å². The molecule has 4 nitrogen and oxygen atoms in total. The predicted molar refractivity (Wildman–Crippen MR) is 101 cm³/mol. The zero-order chi connectivity index (χ0) is 16.7. The van der Waals surface area contributed by atoms with Crippen LogP contribution in [0.4, 0.5) is 0 Å². The summed E-state index contributed by atoms with van der Waals surface area (Å²) < 4.78 is 5.39. The van der Waals surface area contributed by atoms with Crippen LogP contribution >= 0.6 is 35.4 Å². The standard InChI is InChI=1S/C16H21Cl2N3OS/c1-2-22-15-13(17)8-11(9-14(15)18)10-19-21-16(23)20-12-6-4-3-5-7-12/h8-10,12H,2-7H2,1H3,(H2,20,21,23)/b19-10-. The molecule has 0 aromatic heterocycles. The van der Waals surface area contributed by atoms with Gasteiger partial charge in [-0.05, 0) is 49.7 Å². The van der Waals surface area contributed by atoms with Crippen LogP contribution in [0.1, 0.15) is 44.6 Å². The number of rotatable bonds is 5. The number of nitrogens with one attached hydrogen (secondary N) is 2. The van der Waals surface area contributed by atoms with Gasteiger partial charge in [0.2, 0.25) is 0 Å². The Morgan fingerprint density at radius 2 is 1.96 bits per heavy atom. The smallest absolute Gasteiger partial charge is 0.187 e. The molecule has 1 aliphatic rings. The first-order chi connectivity index (χ1) is 11.1. The highest BCUT2D eigenvalue weighted by atomic mass is 35.5. The van der Waals surface area contributed by atoms with Gasteiger partial charge in [0.05, 0.1) is 22.9 Å². The molecule has 0 aliphatic heterocycles. The third-order valence-corrected chi connectivity index (χ3v) is 4.40. The van der Waals surface area contributed by atoms with Crippen molar-refractivity contribution in [1.29, 1.82) is 0 Å². The molecule has 0 radical (unpaired) electrons. The van der Waals surface area contributed by atoms with E-state index in [9.17, 15) is 0 Å². The summed E-state index contributed by atoms with van der Waals surface area (Å²) in [6, 6.07) is 3.95. The second-order valence-electron chi connectivity index (χ2n) is 5.43. The molecule has 1 fully saturated rings. The minimum Gasteiger partial charge on any atom is -0.491 e. The molecule has 23 heavy (non-hydrogen) atoms. The van der Waals surface area contributed by atoms with Crippen molar-refractivity contribution in [2.24, 2.45) is 5.10 Å². The van der Waals surface area contributed by atoms with Crippen LogP contribution in [0.15, 0.2) is 17.2 Å². The molecule has 0 saturated heterocycles. The van der Waals surface area contributed by atoms with Gasteiger partial charge in [-0.1, -0.05) is 42.5 Å². The van der Waals surface area contributed by atoms with E-state index in [0.717, 1.165) is 18.4 Å². The van der Waals surface area contributed by atoms with E-state index >= 15 is 0 Å². The second kappa shape index (κ2) is 9.30. The lowest BCUT2D eigenvalue weighted by Gasteiger charge is -2.23.